The van der Waals surface area contributed by atoms with Crippen LogP contribution in [0.15, 0.2) is 115 Å². The number of hydrogen-bond acceptors (Lipinski definition) is 9. The highest BCUT2D eigenvalue weighted by molar-refractivity contribution is 5.61. The lowest BCUT2D eigenvalue weighted by Gasteiger charge is -2.37. The zero-order chi connectivity index (χ0) is 40.1. The van der Waals surface area contributed by atoms with E-state index in [4.69, 9.17) is 19.3 Å². The zero-order valence-corrected chi connectivity index (χ0v) is 32.7. The molecule has 4 aromatic carbocycles. The third-order valence-electron chi connectivity index (χ3n) is 11.3. The van der Waals surface area contributed by atoms with Crippen LogP contribution in [0.3, 0.4) is 0 Å². The van der Waals surface area contributed by atoms with Gasteiger partial charge in [0.15, 0.2) is 5.82 Å². The number of ether oxygens (including phenoxy) is 3. The van der Waals surface area contributed by atoms with Gasteiger partial charge in [0.25, 0.3) is 0 Å². The van der Waals surface area contributed by atoms with Crippen molar-refractivity contribution in [3.8, 4) is 17.1 Å². The number of piperazine rings is 1. The van der Waals surface area contributed by atoms with Gasteiger partial charge in [-0.15, -0.1) is 5.10 Å². The Morgan fingerprint density at radius 3 is 2.29 bits per heavy atom. The molecule has 8 rings (SSSR count). The minimum absolute atomic E-state index is 0.0120. The fourth-order valence-corrected chi connectivity index (χ4v) is 8.11. The van der Waals surface area contributed by atoms with Crippen molar-refractivity contribution in [2.45, 2.75) is 57.6 Å². The minimum atomic E-state index is -1.02. The van der Waals surface area contributed by atoms with E-state index in [0.29, 0.717) is 44.1 Å². The molecule has 0 aliphatic carbocycles. The Morgan fingerprint density at radius 1 is 0.931 bits per heavy atom. The maximum atomic E-state index is 15.0. The Hall–Kier alpha value is -5.86. The van der Waals surface area contributed by atoms with E-state index in [-0.39, 0.29) is 30.3 Å². The molecule has 0 amide bonds. The van der Waals surface area contributed by atoms with Crippen molar-refractivity contribution < 1.29 is 23.0 Å². The van der Waals surface area contributed by atoms with E-state index in [2.05, 4.69) is 49.1 Å². The van der Waals surface area contributed by atoms with E-state index in [9.17, 15) is 9.18 Å². The third kappa shape index (κ3) is 8.67. The zero-order valence-electron chi connectivity index (χ0n) is 32.7. The smallest absolute Gasteiger partial charge is 0.343 e. The van der Waals surface area contributed by atoms with Crippen LogP contribution in [0.4, 0.5) is 20.2 Å². The van der Waals surface area contributed by atoms with Crippen LogP contribution in [0.5, 0.6) is 5.75 Å². The van der Waals surface area contributed by atoms with Crippen LogP contribution in [-0.4, -0.2) is 75.0 Å². The molecule has 0 spiro atoms. The van der Waals surface area contributed by atoms with Crippen LogP contribution < -0.4 is 20.2 Å². The van der Waals surface area contributed by atoms with Crippen LogP contribution in [0.25, 0.3) is 11.4 Å². The number of halogens is 2. The molecule has 1 N–H and O–H groups in total. The number of benzene rings is 4. The summed E-state index contributed by atoms with van der Waals surface area (Å²) < 4.78 is 50.5. The molecule has 2 saturated heterocycles. The van der Waals surface area contributed by atoms with E-state index in [1.54, 1.807) is 11.0 Å². The highest BCUT2D eigenvalue weighted by atomic mass is 19.1. The summed E-state index contributed by atoms with van der Waals surface area (Å²) in [7, 11) is 0. The summed E-state index contributed by atoms with van der Waals surface area (Å²) in [5.74, 6) is -0.0141. The number of hydrogen-bond donors (Lipinski definition) is 1. The summed E-state index contributed by atoms with van der Waals surface area (Å²) in [4.78, 5) is 24.7. The highest BCUT2D eigenvalue weighted by Gasteiger charge is 2.44. The second kappa shape index (κ2) is 17.3. The van der Waals surface area contributed by atoms with Gasteiger partial charge in [0.05, 0.1) is 38.5 Å². The van der Waals surface area contributed by atoms with Gasteiger partial charge < -0.3 is 24.0 Å². The molecule has 4 heterocycles. The number of rotatable bonds is 15. The molecule has 6 aromatic rings. The topological polar surface area (TPSA) is 116 Å². The van der Waals surface area contributed by atoms with E-state index < -0.39 is 17.2 Å². The molecule has 58 heavy (non-hydrogen) atoms. The first-order valence-electron chi connectivity index (χ1n) is 19.9. The molecular formula is C44H48F2N8O4. The van der Waals surface area contributed by atoms with Gasteiger partial charge in [0.2, 0.25) is 0 Å². The maximum absolute atomic E-state index is 15.0. The average molecular weight is 791 g/mol. The summed E-state index contributed by atoms with van der Waals surface area (Å²) in [5, 5.41) is 8.89. The van der Waals surface area contributed by atoms with Gasteiger partial charge in [0, 0.05) is 60.7 Å². The first-order chi connectivity index (χ1) is 28.3. The largest absolute Gasteiger partial charge is 0.493 e. The van der Waals surface area contributed by atoms with Crippen LogP contribution in [-0.2, 0) is 28.2 Å². The quantitative estimate of drug-likeness (QED) is 0.117. The first kappa shape index (κ1) is 39.0. The van der Waals surface area contributed by atoms with Gasteiger partial charge in [-0.2, -0.15) is 5.10 Å². The number of anilines is 2. The predicted octanol–water partition coefficient (Wildman–Crippen LogP) is 7.00. The number of aromatic nitrogens is 6. The highest BCUT2D eigenvalue weighted by Crippen LogP contribution is 2.42. The predicted molar refractivity (Wildman–Crippen MR) is 217 cm³/mol. The minimum Gasteiger partial charge on any atom is -0.493 e. The van der Waals surface area contributed by atoms with Crippen molar-refractivity contribution in [3.05, 3.63) is 143 Å². The normalized spacial score (nSPS) is 19.3. The van der Waals surface area contributed by atoms with Crippen molar-refractivity contribution in [1.29, 1.82) is 0 Å². The van der Waals surface area contributed by atoms with Crippen molar-refractivity contribution in [2.24, 2.45) is 5.92 Å². The van der Waals surface area contributed by atoms with E-state index >= 15 is 4.39 Å². The fraction of sp³-hybridized carbons (Fsp3) is 0.364. The number of nitrogens with one attached hydrogen (secondary N) is 1. The second-order valence-corrected chi connectivity index (χ2v) is 15.1. The molecule has 0 unspecified atom stereocenters. The molecule has 0 bridgehead atoms. The summed E-state index contributed by atoms with van der Waals surface area (Å²) >= 11 is 0. The molecule has 0 saturated carbocycles. The fourth-order valence-electron chi connectivity index (χ4n) is 8.11. The van der Waals surface area contributed by atoms with E-state index in [1.165, 1.54) is 23.1 Å². The lowest BCUT2D eigenvalue weighted by Crippen LogP contribution is -2.46. The van der Waals surface area contributed by atoms with Crippen molar-refractivity contribution in [2.75, 3.05) is 49.2 Å². The Kier molecular flexibility index (Phi) is 11.6. The average Bonchev–Trinajstić information content (AvgIpc) is 4.02. The van der Waals surface area contributed by atoms with Gasteiger partial charge in [-0.1, -0.05) is 43.3 Å². The molecule has 2 aliphatic rings. The molecule has 2 fully saturated rings. The SMILES string of the molecule is CC[C@@H]([C@@H](C)OCc1ccccc1)n1nc(-c2ccc(N3CCN(c4ccc(OC[C@H]5CO[C@](Cn6cncn6)(c6ccc(F)cc6F)C5)cc4)CC3)cc2)[nH]c1=O. The monoisotopic (exact) mass is 790 g/mol. The van der Waals surface area contributed by atoms with Gasteiger partial charge in [0.1, 0.15) is 35.6 Å². The molecule has 2 aromatic heterocycles. The number of H-pyrrole nitrogens is 1. The van der Waals surface area contributed by atoms with Crippen molar-refractivity contribution in [1.82, 2.24) is 29.5 Å². The number of nitrogens with zero attached hydrogens (tertiary/aromatic N) is 7. The van der Waals surface area contributed by atoms with Gasteiger partial charge in [-0.25, -0.2) is 27.9 Å². The number of aromatic amines is 1. The van der Waals surface area contributed by atoms with Crippen LogP contribution in [0, 0.1) is 17.6 Å². The second-order valence-electron chi connectivity index (χ2n) is 15.1. The van der Waals surface area contributed by atoms with Crippen LogP contribution in [0.1, 0.15) is 43.9 Å². The third-order valence-corrected chi connectivity index (χ3v) is 11.3. The Morgan fingerprint density at radius 2 is 1.64 bits per heavy atom. The van der Waals surface area contributed by atoms with Crippen LogP contribution in [0.2, 0.25) is 0 Å². The van der Waals surface area contributed by atoms with Gasteiger partial charge >= 0.3 is 5.69 Å². The molecule has 2 aliphatic heterocycles. The van der Waals surface area contributed by atoms with Gasteiger partial charge in [-0.3, -0.25) is 4.98 Å². The van der Waals surface area contributed by atoms with Crippen molar-refractivity contribution >= 4 is 11.4 Å². The summed E-state index contributed by atoms with van der Waals surface area (Å²) in [6.45, 7) is 8.93. The van der Waals surface area contributed by atoms with Gasteiger partial charge in [-0.05, 0) is 79.9 Å². The Balaban J connectivity index is 0.827. The van der Waals surface area contributed by atoms with E-state index in [0.717, 1.165) is 60.5 Å². The summed E-state index contributed by atoms with van der Waals surface area (Å²) in [5.41, 5.74) is 3.20. The lowest BCUT2D eigenvalue weighted by molar-refractivity contribution is -0.0206. The van der Waals surface area contributed by atoms with Crippen molar-refractivity contribution in [3.63, 3.8) is 0 Å². The standard InChI is InChI=1S/C44H48F2N8O4/c1-3-41(31(2)56-25-32-7-5-4-6-8-32)54-43(55)49-42(50-54)34-9-12-36(13-10-34)51-19-21-52(22-20-51)37-14-16-38(17-15-37)57-26-33-24-44(58-27-33,28-53-30-47-29-48-53)39-18-11-35(45)23-40(39)46/h4-18,23,29-31,33,41H,3,19-22,24-28H2,1-2H3,(H,49,50,55)/t31-,33+,41+,44-/m1/s1. The first-order valence-corrected chi connectivity index (χ1v) is 19.9. The summed E-state index contributed by atoms with van der Waals surface area (Å²) in [6.07, 6.45) is 3.97. The van der Waals surface area contributed by atoms with Crippen LogP contribution >= 0.6 is 0 Å². The Labute approximate surface area is 336 Å². The molecule has 302 valence electrons. The Bertz CT molecular complexity index is 2300. The van der Waals surface area contributed by atoms with E-state index in [1.807, 2.05) is 68.4 Å². The molecule has 14 heteroatoms. The molecular weight excluding hydrogens is 743 g/mol. The molecule has 12 nitrogen and oxygen atoms in total. The molecule has 4 atom stereocenters. The molecule has 0 radical (unpaired) electrons. The summed E-state index contributed by atoms with van der Waals surface area (Å²) in [6, 6.07) is 29.7. The lowest BCUT2D eigenvalue weighted by atomic mass is 9.87. The maximum Gasteiger partial charge on any atom is 0.343 e.